The second-order valence-corrected chi connectivity index (χ2v) is 5.65. The zero-order valence-corrected chi connectivity index (χ0v) is 11.6. The predicted molar refractivity (Wildman–Crippen MR) is 76.8 cm³/mol. The number of fused-ring (bicyclic) bond motifs is 1. The molecule has 0 fully saturated rings. The van der Waals surface area contributed by atoms with Crippen LogP contribution in [0.2, 0.25) is 0 Å². The van der Waals surface area contributed by atoms with E-state index >= 15 is 0 Å². The molecule has 0 aliphatic carbocycles. The van der Waals surface area contributed by atoms with Crippen LogP contribution in [-0.2, 0) is 11.8 Å². The molecule has 0 atom stereocenters. The molecule has 5 nitrogen and oxygen atoms in total. The first-order valence-corrected chi connectivity index (χ1v) is 6.32. The number of hydrogen-bond acceptors (Lipinski definition) is 3. The van der Waals surface area contributed by atoms with E-state index in [0.29, 0.717) is 13.0 Å². The molecule has 1 amide bonds. The molecule has 1 heterocycles. The van der Waals surface area contributed by atoms with Crippen LogP contribution in [0.25, 0.3) is 11.0 Å². The van der Waals surface area contributed by atoms with Crippen LogP contribution in [0.5, 0.6) is 0 Å². The largest absolute Gasteiger partial charge is 0.334 e. The Labute approximate surface area is 112 Å². The maximum Gasteiger partial charge on any atom is 0.224 e. The van der Waals surface area contributed by atoms with Crippen LogP contribution in [0.15, 0.2) is 24.5 Å². The molecule has 1 aromatic heterocycles. The summed E-state index contributed by atoms with van der Waals surface area (Å²) in [6.45, 7) is 4.45. The Bertz CT molecular complexity index is 601. The SMILES string of the molecule is Cn1cnc2cc(NC(=O)CC(C)(C)CN)ccc21. The van der Waals surface area contributed by atoms with Crippen LogP contribution in [-0.4, -0.2) is 22.0 Å². The molecule has 0 bridgehead atoms. The summed E-state index contributed by atoms with van der Waals surface area (Å²) in [7, 11) is 1.94. The number of carbonyl (C=O) groups excluding carboxylic acids is 1. The number of hydrogen-bond donors (Lipinski definition) is 2. The van der Waals surface area contributed by atoms with E-state index < -0.39 is 0 Å². The van der Waals surface area contributed by atoms with Gasteiger partial charge in [0.15, 0.2) is 0 Å². The molecule has 1 aromatic carbocycles. The number of aryl methyl sites for hydroxylation is 1. The number of anilines is 1. The van der Waals surface area contributed by atoms with E-state index in [1.807, 2.05) is 43.7 Å². The first-order valence-electron chi connectivity index (χ1n) is 6.32. The van der Waals surface area contributed by atoms with Gasteiger partial charge in [-0.15, -0.1) is 0 Å². The molecule has 0 aliphatic rings. The number of nitrogens with zero attached hydrogens (tertiary/aromatic N) is 2. The molecule has 0 unspecified atom stereocenters. The number of benzene rings is 1. The normalized spacial score (nSPS) is 11.8. The molecule has 5 heteroatoms. The zero-order chi connectivity index (χ0) is 14.0. The minimum absolute atomic E-state index is 0.0225. The van der Waals surface area contributed by atoms with Gasteiger partial charge in [-0.05, 0) is 30.2 Å². The summed E-state index contributed by atoms with van der Waals surface area (Å²) in [4.78, 5) is 16.2. The second kappa shape index (κ2) is 5.01. The van der Waals surface area contributed by atoms with Crippen LogP contribution in [0.4, 0.5) is 5.69 Å². The number of amides is 1. The fraction of sp³-hybridized carbons (Fsp3) is 0.429. The number of aromatic nitrogens is 2. The number of nitrogens with two attached hydrogens (primary N) is 1. The molecule has 2 aromatic rings. The summed E-state index contributed by atoms with van der Waals surface area (Å²) >= 11 is 0. The van der Waals surface area contributed by atoms with Crippen molar-refractivity contribution in [1.29, 1.82) is 0 Å². The van der Waals surface area contributed by atoms with E-state index in [4.69, 9.17) is 5.73 Å². The van der Waals surface area contributed by atoms with Gasteiger partial charge in [0.1, 0.15) is 0 Å². The maximum atomic E-state index is 11.9. The van der Waals surface area contributed by atoms with Crippen LogP contribution < -0.4 is 11.1 Å². The summed E-state index contributed by atoms with van der Waals surface area (Å²) in [5.41, 5.74) is 8.13. The van der Waals surface area contributed by atoms with Crippen LogP contribution in [0.3, 0.4) is 0 Å². The number of imidazole rings is 1. The van der Waals surface area contributed by atoms with Crippen molar-refractivity contribution in [2.75, 3.05) is 11.9 Å². The van der Waals surface area contributed by atoms with Crippen molar-refractivity contribution in [2.24, 2.45) is 18.2 Å². The molecule has 0 spiro atoms. The van der Waals surface area contributed by atoms with Crippen molar-refractivity contribution >= 4 is 22.6 Å². The summed E-state index contributed by atoms with van der Waals surface area (Å²) in [5.74, 6) is -0.0225. The van der Waals surface area contributed by atoms with Crippen molar-refractivity contribution in [2.45, 2.75) is 20.3 Å². The smallest absolute Gasteiger partial charge is 0.224 e. The molecule has 0 saturated heterocycles. The van der Waals surface area contributed by atoms with Crippen molar-refractivity contribution in [3.8, 4) is 0 Å². The Morgan fingerprint density at radius 2 is 2.21 bits per heavy atom. The highest BCUT2D eigenvalue weighted by atomic mass is 16.1. The predicted octanol–water partition coefficient (Wildman–Crippen LogP) is 1.89. The van der Waals surface area contributed by atoms with E-state index in [-0.39, 0.29) is 11.3 Å². The molecular weight excluding hydrogens is 240 g/mol. The molecule has 19 heavy (non-hydrogen) atoms. The Kier molecular flexibility index (Phi) is 3.57. The quantitative estimate of drug-likeness (QED) is 0.881. The summed E-state index contributed by atoms with van der Waals surface area (Å²) in [5, 5.41) is 2.89. The van der Waals surface area contributed by atoms with E-state index in [1.54, 1.807) is 6.33 Å². The van der Waals surface area contributed by atoms with Gasteiger partial charge in [0, 0.05) is 19.2 Å². The lowest BCUT2D eigenvalue weighted by Crippen LogP contribution is -2.29. The van der Waals surface area contributed by atoms with Gasteiger partial charge in [0.25, 0.3) is 0 Å². The first kappa shape index (κ1) is 13.5. The van der Waals surface area contributed by atoms with Gasteiger partial charge in [0.05, 0.1) is 17.4 Å². The second-order valence-electron chi connectivity index (χ2n) is 5.65. The Morgan fingerprint density at radius 3 is 2.89 bits per heavy atom. The first-order chi connectivity index (χ1) is 8.91. The van der Waals surface area contributed by atoms with Gasteiger partial charge in [-0.2, -0.15) is 0 Å². The van der Waals surface area contributed by atoms with Gasteiger partial charge < -0.3 is 15.6 Å². The molecule has 0 aliphatic heterocycles. The zero-order valence-electron chi connectivity index (χ0n) is 11.6. The monoisotopic (exact) mass is 260 g/mol. The number of rotatable bonds is 4. The Hall–Kier alpha value is -1.88. The lowest BCUT2D eigenvalue weighted by molar-refractivity contribution is -0.117. The lowest BCUT2D eigenvalue weighted by Gasteiger charge is -2.21. The van der Waals surface area contributed by atoms with Crippen molar-refractivity contribution in [3.05, 3.63) is 24.5 Å². The van der Waals surface area contributed by atoms with E-state index in [0.717, 1.165) is 16.7 Å². The highest BCUT2D eigenvalue weighted by molar-refractivity contribution is 5.93. The number of carbonyl (C=O) groups is 1. The Balaban J connectivity index is 2.11. The molecule has 102 valence electrons. The van der Waals surface area contributed by atoms with Crippen molar-refractivity contribution in [3.63, 3.8) is 0 Å². The third kappa shape index (κ3) is 3.12. The average molecular weight is 260 g/mol. The van der Waals surface area contributed by atoms with Gasteiger partial charge in [-0.3, -0.25) is 4.79 Å². The third-order valence-corrected chi connectivity index (χ3v) is 3.20. The maximum absolute atomic E-state index is 11.9. The van der Waals surface area contributed by atoms with Gasteiger partial charge in [-0.25, -0.2) is 4.98 Å². The highest BCUT2D eigenvalue weighted by Gasteiger charge is 2.20. The van der Waals surface area contributed by atoms with E-state index in [1.165, 1.54) is 0 Å². The van der Waals surface area contributed by atoms with E-state index in [9.17, 15) is 4.79 Å². The molecular formula is C14H20N4O. The van der Waals surface area contributed by atoms with Crippen LogP contribution >= 0.6 is 0 Å². The van der Waals surface area contributed by atoms with Crippen molar-refractivity contribution in [1.82, 2.24) is 9.55 Å². The van der Waals surface area contributed by atoms with Gasteiger partial charge >= 0.3 is 0 Å². The van der Waals surface area contributed by atoms with Crippen LogP contribution in [0.1, 0.15) is 20.3 Å². The standard InChI is InChI=1S/C14H20N4O/c1-14(2,8-15)7-13(19)17-10-4-5-12-11(6-10)16-9-18(12)3/h4-6,9H,7-8,15H2,1-3H3,(H,17,19). The minimum atomic E-state index is -0.181. The minimum Gasteiger partial charge on any atom is -0.334 e. The highest BCUT2D eigenvalue weighted by Crippen LogP contribution is 2.21. The topological polar surface area (TPSA) is 72.9 Å². The van der Waals surface area contributed by atoms with Crippen molar-refractivity contribution < 1.29 is 4.79 Å². The fourth-order valence-corrected chi connectivity index (χ4v) is 1.93. The van der Waals surface area contributed by atoms with Gasteiger partial charge in [-0.1, -0.05) is 13.8 Å². The average Bonchev–Trinajstić information content (AvgIpc) is 2.70. The Morgan fingerprint density at radius 1 is 1.47 bits per heavy atom. The molecule has 3 N–H and O–H groups in total. The molecule has 0 saturated carbocycles. The van der Waals surface area contributed by atoms with Crippen LogP contribution in [0, 0.1) is 5.41 Å². The van der Waals surface area contributed by atoms with Gasteiger partial charge in [0.2, 0.25) is 5.91 Å². The fourth-order valence-electron chi connectivity index (χ4n) is 1.93. The van der Waals surface area contributed by atoms with E-state index in [2.05, 4.69) is 10.3 Å². The third-order valence-electron chi connectivity index (χ3n) is 3.20. The lowest BCUT2D eigenvalue weighted by atomic mass is 9.89. The summed E-state index contributed by atoms with van der Waals surface area (Å²) in [6.07, 6.45) is 2.16. The molecule has 0 radical (unpaired) electrons. The summed E-state index contributed by atoms with van der Waals surface area (Å²) < 4.78 is 1.94. The summed E-state index contributed by atoms with van der Waals surface area (Å²) in [6, 6.07) is 5.71. The number of nitrogens with one attached hydrogen (secondary N) is 1. The molecule has 2 rings (SSSR count).